The number of nitrogens with one attached hydrogen (secondary N) is 1. The third-order valence-corrected chi connectivity index (χ3v) is 4.21. The third kappa shape index (κ3) is 4.64. The van der Waals surface area contributed by atoms with Gasteiger partial charge >= 0.3 is 0 Å². The van der Waals surface area contributed by atoms with Gasteiger partial charge in [0, 0.05) is 18.1 Å². The van der Waals surface area contributed by atoms with Gasteiger partial charge in [0.1, 0.15) is 11.4 Å². The lowest BCUT2D eigenvalue weighted by atomic mass is 10.2. The van der Waals surface area contributed by atoms with Crippen molar-refractivity contribution in [2.75, 3.05) is 18.9 Å². The smallest absolute Gasteiger partial charge is 0.274 e. The summed E-state index contributed by atoms with van der Waals surface area (Å²) in [5.41, 5.74) is 1.13. The predicted octanol–water partition coefficient (Wildman–Crippen LogP) is 3.97. The molecule has 1 aromatic heterocycles. The van der Waals surface area contributed by atoms with Crippen LogP contribution in [0, 0.1) is 0 Å². The van der Waals surface area contributed by atoms with Crippen LogP contribution in [0.15, 0.2) is 46.9 Å². The van der Waals surface area contributed by atoms with E-state index in [1.807, 2.05) is 18.2 Å². The average Bonchev–Trinajstić information content (AvgIpc) is 2.61. The normalized spacial score (nSPS) is 10.3. The molecule has 0 unspecified atom stereocenters. The first-order valence-electron chi connectivity index (χ1n) is 7.81. The Morgan fingerprint density at radius 3 is 2.54 bits per heavy atom. The number of unbranched alkanes of at least 4 members (excludes halogenated alkanes) is 1. The largest absolute Gasteiger partial charge is 0.340 e. The van der Waals surface area contributed by atoms with Crippen LogP contribution in [0.2, 0.25) is 0 Å². The first-order chi connectivity index (χ1) is 11.5. The SMILES string of the molecule is CCCCN(C)C(=O)c1cccc(C(=O)Nc2ccccc2Br)n1. The predicted molar refractivity (Wildman–Crippen MR) is 98.2 cm³/mol. The van der Waals surface area contributed by atoms with E-state index in [-0.39, 0.29) is 23.2 Å². The van der Waals surface area contributed by atoms with Crippen molar-refractivity contribution >= 4 is 33.4 Å². The van der Waals surface area contributed by atoms with Gasteiger partial charge in [-0.15, -0.1) is 0 Å². The van der Waals surface area contributed by atoms with E-state index in [9.17, 15) is 9.59 Å². The molecule has 0 fully saturated rings. The van der Waals surface area contributed by atoms with E-state index in [1.165, 1.54) is 0 Å². The zero-order chi connectivity index (χ0) is 17.5. The molecule has 1 N–H and O–H groups in total. The fourth-order valence-electron chi connectivity index (χ4n) is 2.12. The fraction of sp³-hybridized carbons (Fsp3) is 0.278. The molecule has 0 aliphatic rings. The maximum absolute atomic E-state index is 12.4. The van der Waals surface area contributed by atoms with Crippen molar-refractivity contribution in [1.29, 1.82) is 0 Å². The molecule has 0 radical (unpaired) electrons. The number of nitrogens with zero attached hydrogens (tertiary/aromatic N) is 2. The second-order valence-electron chi connectivity index (χ2n) is 5.42. The van der Waals surface area contributed by atoms with Gasteiger partial charge in [-0.05, 0) is 46.6 Å². The highest BCUT2D eigenvalue weighted by Crippen LogP contribution is 2.21. The summed E-state index contributed by atoms with van der Waals surface area (Å²) in [6, 6.07) is 12.2. The number of anilines is 1. The van der Waals surface area contributed by atoms with Crippen molar-refractivity contribution in [3.8, 4) is 0 Å². The highest BCUT2D eigenvalue weighted by Gasteiger charge is 2.16. The molecule has 1 aromatic carbocycles. The lowest BCUT2D eigenvalue weighted by molar-refractivity contribution is 0.0787. The highest BCUT2D eigenvalue weighted by atomic mass is 79.9. The molecule has 0 bridgehead atoms. The summed E-state index contributed by atoms with van der Waals surface area (Å²) in [7, 11) is 1.74. The van der Waals surface area contributed by atoms with Crippen LogP contribution in [-0.2, 0) is 0 Å². The van der Waals surface area contributed by atoms with Crippen LogP contribution in [0.1, 0.15) is 40.7 Å². The number of carbonyl (C=O) groups is 2. The molecule has 1 heterocycles. The second-order valence-corrected chi connectivity index (χ2v) is 6.28. The maximum atomic E-state index is 12.4. The monoisotopic (exact) mass is 389 g/mol. The van der Waals surface area contributed by atoms with Crippen molar-refractivity contribution in [2.24, 2.45) is 0 Å². The molecular weight excluding hydrogens is 370 g/mol. The summed E-state index contributed by atoms with van der Waals surface area (Å²) < 4.78 is 0.782. The van der Waals surface area contributed by atoms with E-state index in [1.54, 1.807) is 36.2 Å². The summed E-state index contributed by atoms with van der Waals surface area (Å²) >= 11 is 3.38. The fourth-order valence-corrected chi connectivity index (χ4v) is 2.51. The minimum absolute atomic E-state index is 0.181. The number of hydrogen-bond donors (Lipinski definition) is 1. The summed E-state index contributed by atoms with van der Waals surface area (Å²) in [5.74, 6) is -0.535. The highest BCUT2D eigenvalue weighted by molar-refractivity contribution is 9.10. The van der Waals surface area contributed by atoms with Gasteiger partial charge in [0.05, 0.1) is 5.69 Å². The Morgan fingerprint density at radius 1 is 1.12 bits per heavy atom. The van der Waals surface area contributed by atoms with Gasteiger partial charge < -0.3 is 10.2 Å². The molecule has 0 spiro atoms. The Morgan fingerprint density at radius 2 is 1.83 bits per heavy atom. The van der Waals surface area contributed by atoms with E-state index in [4.69, 9.17) is 0 Å². The molecule has 0 saturated carbocycles. The van der Waals surface area contributed by atoms with Gasteiger partial charge in [-0.2, -0.15) is 0 Å². The minimum atomic E-state index is -0.354. The molecule has 2 aromatic rings. The molecule has 0 saturated heterocycles. The van der Waals surface area contributed by atoms with Crippen LogP contribution in [-0.4, -0.2) is 35.3 Å². The van der Waals surface area contributed by atoms with Gasteiger partial charge in [0.2, 0.25) is 0 Å². The summed E-state index contributed by atoms with van der Waals surface area (Å²) in [6.45, 7) is 2.74. The van der Waals surface area contributed by atoms with Crippen LogP contribution in [0.5, 0.6) is 0 Å². The molecule has 0 atom stereocenters. The molecule has 2 amide bonds. The Balaban J connectivity index is 2.13. The van der Waals surface area contributed by atoms with Crippen LogP contribution >= 0.6 is 15.9 Å². The van der Waals surface area contributed by atoms with E-state index in [0.717, 1.165) is 17.3 Å². The molecule has 126 valence electrons. The Bertz CT molecular complexity index is 734. The van der Waals surface area contributed by atoms with Crippen molar-refractivity contribution in [3.05, 3.63) is 58.3 Å². The van der Waals surface area contributed by atoms with Crippen LogP contribution in [0.3, 0.4) is 0 Å². The Hall–Kier alpha value is -2.21. The number of pyridine rings is 1. The second kappa shape index (κ2) is 8.59. The summed E-state index contributed by atoms with van der Waals surface area (Å²) in [5, 5.41) is 2.78. The van der Waals surface area contributed by atoms with Gasteiger partial charge in [-0.1, -0.05) is 31.5 Å². The summed E-state index contributed by atoms with van der Waals surface area (Å²) in [4.78, 5) is 30.6. The van der Waals surface area contributed by atoms with E-state index in [2.05, 4.69) is 33.2 Å². The molecule has 0 aliphatic heterocycles. The zero-order valence-electron chi connectivity index (χ0n) is 13.8. The van der Waals surface area contributed by atoms with E-state index >= 15 is 0 Å². The number of benzene rings is 1. The molecule has 0 aliphatic carbocycles. The number of halogens is 1. The van der Waals surface area contributed by atoms with Crippen LogP contribution in [0.25, 0.3) is 0 Å². The average molecular weight is 390 g/mol. The Labute approximate surface area is 150 Å². The van der Waals surface area contributed by atoms with Crippen LogP contribution in [0.4, 0.5) is 5.69 Å². The minimum Gasteiger partial charge on any atom is -0.340 e. The number of para-hydroxylation sites is 1. The Kier molecular flexibility index (Phi) is 6.49. The molecule has 6 heteroatoms. The van der Waals surface area contributed by atoms with E-state index < -0.39 is 0 Å². The topological polar surface area (TPSA) is 62.3 Å². The quantitative estimate of drug-likeness (QED) is 0.812. The third-order valence-electron chi connectivity index (χ3n) is 3.52. The van der Waals surface area contributed by atoms with Crippen molar-refractivity contribution < 1.29 is 9.59 Å². The van der Waals surface area contributed by atoms with Gasteiger partial charge in [0.25, 0.3) is 11.8 Å². The lowest BCUT2D eigenvalue weighted by Crippen LogP contribution is -2.29. The van der Waals surface area contributed by atoms with Crippen molar-refractivity contribution in [2.45, 2.75) is 19.8 Å². The number of hydrogen-bond acceptors (Lipinski definition) is 3. The molecule has 24 heavy (non-hydrogen) atoms. The molecule has 2 rings (SSSR count). The number of amides is 2. The van der Waals surface area contributed by atoms with Crippen molar-refractivity contribution in [3.63, 3.8) is 0 Å². The first kappa shape index (κ1) is 18.1. The zero-order valence-corrected chi connectivity index (χ0v) is 15.3. The number of aromatic nitrogens is 1. The first-order valence-corrected chi connectivity index (χ1v) is 8.60. The summed E-state index contributed by atoms with van der Waals surface area (Å²) in [6.07, 6.45) is 1.95. The van der Waals surface area contributed by atoms with Crippen LogP contribution < -0.4 is 5.32 Å². The van der Waals surface area contributed by atoms with Gasteiger partial charge in [-0.3, -0.25) is 9.59 Å². The number of rotatable bonds is 6. The van der Waals surface area contributed by atoms with Gasteiger partial charge in [0.15, 0.2) is 0 Å². The molecule has 5 nitrogen and oxygen atoms in total. The molecular formula is C18H20BrN3O2. The van der Waals surface area contributed by atoms with E-state index in [0.29, 0.717) is 12.2 Å². The van der Waals surface area contributed by atoms with Crippen molar-refractivity contribution in [1.82, 2.24) is 9.88 Å². The number of carbonyl (C=O) groups excluding carboxylic acids is 2. The lowest BCUT2D eigenvalue weighted by Gasteiger charge is -2.16. The standard InChI is InChI=1S/C18H20BrN3O2/c1-3-4-12-22(2)18(24)16-11-7-10-15(20-16)17(23)21-14-9-6-5-8-13(14)19/h5-11H,3-4,12H2,1-2H3,(H,21,23). The van der Waals surface area contributed by atoms with Gasteiger partial charge in [-0.25, -0.2) is 4.98 Å². The maximum Gasteiger partial charge on any atom is 0.274 e.